The van der Waals surface area contributed by atoms with Gasteiger partial charge in [-0.15, -0.1) is 0 Å². The van der Waals surface area contributed by atoms with Crippen molar-refractivity contribution in [1.82, 2.24) is 4.90 Å². The molecule has 0 radical (unpaired) electrons. The molecule has 0 bridgehead atoms. The predicted octanol–water partition coefficient (Wildman–Crippen LogP) is 3.41. The fourth-order valence-corrected chi connectivity index (χ4v) is 3.10. The zero-order valence-electron chi connectivity index (χ0n) is 15.9. The second-order valence-corrected chi connectivity index (χ2v) is 7.66. The van der Waals surface area contributed by atoms with E-state index in [4.69, 9.17) is 13.9 Å². The van der Waals surface area contributed by atoms with Crippen LogP contribution >= 0.6 is 0 Å². The van der Waals surface area contributed by atoms with E-state index in [1.807, 2.05) is 0 Å². The molecule has 7 nitrogen and oxygen atoms in total. The largest absolute Gasteiger partial charge is 0.444 e. The number of nitrogens with zero attached hydrogens (tertiary/aromatic N) is 1. The third-order valence-electron chi connectivity index (χ3n) is 4.29. The molecule has 0 N–H and O–H groups in total. The summed E-state index contributed by atoms with van der Waals surface area (Å²) in [7, 11) is 0. The van der Waals surface area contributed by atoms with E-state index in [9.17, 15) is 14.4 Å². The Kier molecular flexibility index (Phi) is 4.95. The predicted molar refractivity (Wildman–Crippen MR) is 98.8 cm³/mol. The van der Waals surface area contributed by atoms with E-state index >= 15 is 0 Å². The molecule has 0 aliphatic carbocycles. The fourth-order valence-electron chi connectivity index (χ4n) is 3.10. The number of hydrogen-bond acceptors (Lipinski definition) is 6. The number of amides is 1. The van der Waals surface area contributed by atoms with Crippen LogP contribution in [0.15, 0.2) is 33.5 Å². The van der Waals surface area contributed by atoms with Gasteiger partial charge in [0.05, 0.1) is 0 Å². The topological polar surface area (TPSA) is 86.0 Å². The van der Waals surface area contributed by atoms with Crippen LogP contribution < -0.4 is 10.4 Å². The second kappa shape index (κ2) is 7.06. The smallest absolute Gasteiger partial charge is 0.411 e. The SMILES string of the molecule is Cc1cc(=O)oc2ccc(OC(=O)[C@@H]3CCCN3C(=O)OC(C)(C)C)cc12. The zero-order valence-corrected chi connectivity index (χ0v) is 15.9. The molecule has 27 heavy (non-hydrogen) atoms. The van der Waals surface area contributed by atoms with Crippen molar-refractivity contribution in [3.8, 4) is 5.75 Å². The van der Waals surface area contributed by atoms with Gasteiger partial charge in [0.1, 0.15) is 23.0 Å². The van der Waals surface area contributed by atoms with Crippen molar-refractivity contribution < 1.29 is 23.5 Å². The summed E-state index contributed by atoms with van der Waals surface area (Å²) in [6.45, 7) is 7.58. The van der Waals surface area contributed by atoms with Crippen LogP contribution in [0.2, 0.25) is 0 Å². The van der Waals surface area contributed by atoms with Crippen LogP contribution in [0.3, 0.4) is 0 Å². The summed E-state index contributed by atoms with van der Waals surface area (Å²) in [6.07, 6.45) is 0.721. The quantitative estimate of drug-likeness (QED) is 0.456. The lowest BCUT2D eigenvalue weighted by Gasteiger charge is -2.27. The van der Waals surface area contributed by atoms with Gasteiger partial charge in [0, 0.05) is 18.0 Å². The maximum atomic E-state index is 12.6. The van der Waals surface area contributed by atoms with Crippen LogP contribution in [0.25, 0.3) is 11.0 Å². The number of carbonyl (C=O) groups excluding carboxylic acids is 2. The molecule has 1 aromatic heterocycles. The maximum absolute atomic E-state index is 12.6. The molecule has 2 heterocycles. The summed E-state index contributed by atoms with van der Waals surface area (Å²) in [5.74, 6) is -0.173. The van der Waals surface area contributed by atoms with Crippen LogP contribution in [0.4, 0.5) is 4.79 Å². The van der Waals surface area contributed by atoms with E-state index in [1.54, 1.807) is 45.9 Å². The van der Waals surface area contributed by atoms with Gasteiger partial charge in [0.15, 0.2) is 0 Å². The van der Waals surface area contributed by atoms with Gasteiger partial charge in [-0.25, -0.2) is 14.4 Å². The normalized spacial score (nSPS) is 17.2. The van der Waals surface area contributed by atoms with E-state index < -0.39 is 29.3 Å². The Morgan fingerprint density at radius 1 is 1.22 bits per heavy atom. The standard InChI is InChI=1S/C20H23NO6/c1-12-10-17(22)26-16-8-7-13(11-14(12)16)25-18(23)15-6-5-9-21(15)19(24)27-20(2,3)4/h7-8,10-11,15H,5-6,9H2,1-4H3/t15-/m0/s1. The van der Waals surface area contributed by atoms with Gasteiger partial charge in [-0.3, -0.25) is 4.90 Å². The van der Waals surface area contributed by atoms with Crippen molar-refractivity contribution in [2.45, 2.75) is 52.2 Å². The highest BCUT2D eigenvalue weighted by atomic mass is 16.6. The molecule has 144 valence electrons. The van der Waals surface area contributed by atoms with Gasteiger partial charge < -0.3 is 13.9 Å². The first-order valence-corrected chi connectivity index (χ1v) is 8.90. The lowest BCUT2D eigenvalue weighted by molar-refractivity contribution is -0.139. The highest BCUT2D eigenvalue weighted by Crippen LogP contribution is 2.26. The summed E-state index contributed by atoms with van der Waals surface area (Å²) < 4.78 is 16.0. The summed E-state index contributed by atoms with van der Waals surface area (Å²) >= 11 is 0. The average molecular weight is 373 g/mol. The number of carbonyl (C=O) groups is 2. The molecule has 1 aromatic carbocycles. The number of ether oxygens (including phenoxy) is 2. The van der Waals surface area contributed by atoms with Crippen molar-refractivity contribution in [3.05, 3.63) is 40.2 Å². The Labute approximate surface area is 156 Å². The Bertz CT molecular complexity index is 940. The summed E-state index contributed by atoms with van der Waals surface area (Å²) in [5, 5.41) is 0.690. The number of likely N-dealkylation sites (tertiary alicyclic amines) is 1. The second-order valence-electron chi connectivity index (χ2n) is 7.66. The van der Waals surface area contributed by atoms with Gasteiger partial charge in [0.25, 0.3) is 0 Å². The van der Waals surface area contributed by atoms with Crippen molar-refractivity contribution in [1.29, 1.82) is 0 Å². The van der Waals surface area contributed by atoms with Gasteiger partial charge in [-0.05, 0) is 64.3 Å². The molecule has 0 saturated carbocycles. The minimum Gasteiger partial charge on any atom is -0.444 e. The number of fused-ring (bicyclic) bond motifs is 1. The highest BCUT2D eigenvalue weighted by Gasteiger charge is 2.37. The van der Waals surface area contributed by atoms with Crippen molar-refractivity contribution in [2.75, 3.05) is 6.54 Å². The first-order chi connectivity index (χ1) is 12.6. The molecule has 3 rings (SSSR count). The van der Waals surface area contributed by atoms with E-state index in [-0.39, 0.29) is 0 Å². The van der Waals surface area contributed by atoms with Gasteiger partial charge in [0.2, 0.25) is 0 Å². The van der Waals surface area contributed by atoms with Crippen molar-refractivity contribution in [2.24, 2.45) is 0 Å². The molecule has 1 amide bonds. The Hall–Kier alpha value is -2.83. The molecule has 1 aliphatic rings. The fraction of sp³-hybridized carbons (Fsp3) is 0.450. The molecule has 2 aromatic rings. The lowest BCUT2D eigenvalue weighted by atomic mass is 10.1. The highest BCUT2D eigenvalue weighted by molar-refractivity contribution is 5.86. The lowest BCUT2D eigenvalue weighted by Crippen LogP contribution is -2.44. The van der Waals surface area contributed by atoms with Gasteiger partial charge in [-0.2, -0.15) is 0 Å². The van der Waals surface area contributed by atoms with Crippen molar-refractivity contribution >= 4 is 23.0 Å². The molecular formula is C20H23NO6. The Morgan fingerprint density at radius 2 is 1.96 bits per heavy atom. The first-order valence-electron chi connectivity index (χ1n) is 8.90. The summed E-state index contributed by atoms with van der Waals surface area (Å²) in [4.78, 5) is 37.8. The molecule has 1 saturated heterocycles. The Morgan fingerprint density at radius 3 is 2.67 bits per heavy atom. The van der Waals surface area contributed by atoms with Crippen LogP contribution in [0, 0.1) is 6.92 Å². The molecule has 7 heteroatoms. The minimum absolute atomic E-state index is 0.334. The molecular weight excluding hydrogens is 350 g/mol. The third-order valence-corrected chi connectivity index (χ3v) is 4.29. The van der Waals surface area contributed by atoms with Crippen LogP contribution in [-0.2, 0) is 9.53 Å². The average Bonchev–Trinajstić information content (AvgIpc) is 3.03. The first kappa shape index (κ1) is 18.9. The summed E-state index contributed by atoms with van der Waals surface area (Å²) in [6, 6.07) is 5.51. The summed E-state index contributed by atoms with van der Waals surface area (Å²) in [5.41, 5.74) is 0.101. The molecule has 1 aliphatic heterocycles. The molecule has 0 spiro atoms. The monoisotopic (exact) mass is 373 g/mol. The zero-order chi connectivity index (χ0) is 19.8. The van der Waals surface area contributed by atoms with E-state index in [0.29, 0.717) is 36.1 Å². The minimum atomic E-state index is -0.676. The van der Waals surface area contributed by atoms with Crippen molar-refractivity contribution in [3.63, 3.8) is 0 Å². The van der Waals surface area contributed by atoms with Crippen LogP contribution in [0.5, 0.6) is 5.75 Å². The third kappa shape index (κ3) is 4.30. The van der Waals surface area contributed by atoms with E-state index in [0.717, 1.165) is 5.56 Å². The van der Waals surface area contributed by atoms with Crippen LogP contribution in [-0.4, -0.2) is 35.2 Å². The number of esters is 1. The van der Waals surface area contributed by atoms with Gasteiger partial charge >= 0.3 is 17.7 Å². The molecule has 0 unspecified atom stereocenters. The molecule has 1 fully saturated rings. The number of rotatable bonds is 2. The number of aryl methyl sites for hydroxylation is 1. The number of benzene rings is 1. The molecule has 1 atom stereocenters. The van der Waals surface area contributed by atoms with E-state index in [1.165, 1.54) is 11.0 Å². The van der Waals surface area contributed by atoms with Gasteiger partial charge in [-0.1, -0.05) is 0 Å². The maximum Gasteiger partial charge on any atom is 0.411 e. The van der Waals surface area contributed by atoms with Crippen LogP contribution in [0.1, 0.15) is 39.2 Å². The number of hydrogen-bond donors (Lipinski definition) is 0. The van der Waals surface area contributed by atoms with E-state index in [2.05, 4.69) is 0 Å². The Balaban J connectivity index is 1.77.